The Balaban J connectivity index is 1.59. The molecule has 5 nitrogen and oxygen atoms in total. The van der Waals surface area contributed by atoms with Crippen LogP contribution in [-0.2, 0) is 6.42 Å². The van der Waals surface area contributed by atoms with Gasteiger partial charge in [-0.2, -0.15) is 0 Å². The van der Waals surface area contributed by atoms with Crippen LogP contribution in [0.1, 0.15) is 16.1 Å². The minimum Gasteiger partial charge on any atom is -0.350 e. The Bertz CT molecular complexity index is 855. The molecule has 0 aliphatic carbocycles. The zero-order chi connectivity index (χ0) is 17.5. The van der Waals surface area contributed by atoms with Gasteiger partial charge in [-0.25, -0.2) is 9.97 Å². The Labute approximate surface area is 151 Å². The number of amides is 1. The van der Waals surface area contributed by atoms with Crippen molar-refractivity contribution in [3.63, 3.8) is 0 Å². The van der Waals surface area contributed by atoms with Crippen LogP contribution < -0.4 is 10.6 Å². The molecular weight excluding hydrogens is 336 g/mol. The number of anilines is 2. The molecule has 126 valence electrons. The van der Waals surface area contributed by atoms with Gasteiger partial charge in [-0.3, -0.25) is 4.79 Å². The third-order valence-corrected chi connectivity index (χ3v) is 3.75. The van der Waals surface area contributed by atoms with Gasteiger partial charge < -0.3 is 10.6 Å². The highest BCUT2D eigenvalue weighted by Gasteiger charge is 2.08. The molecule has 25 heavy (non-hydrogen) atoms. The summed E-state index contributed by atoms with van der Waals surface area (Å²) in [5.74, 6) is 0.116. The van der Waals surface area contributed by atoms with E-state index in [9.17, 15) is 4.79 Å². The first-order valence-corrected chi connectivity index (χ1v) is 8.26. The maximum absolute atomic E-state index is 12.2. The second-order valence-electron chi connectivity index (χ2n) is 5.39. The lowest BCUT2D eigenvalue weighted by molar-refractivity contribution is 0.0949. The molecule has 3 aromatic rings. The third-order valence-electron chi connectivity index (χ3n) is 3.51. The summed E-state index contributed by atoms with van der Waals surface area (Å²) in [6, 6.07) is 18.8. The van der Waals surface area contributed by atoms with Gasteiger partial charge >= 0.3 is 0 Å². The fourth-order valence-corrected chi connectivity index (χ4v) is 2.49. The topological polar surface area (TPSA) is 66.9 Å². The summed E-state index contributed by atoms with van der Waals surface area (Å²) >= 11 is 5.96. The highest BCUT2D eigenvalue weighted by atomic mass is 35.5. The largest absolute Gasteiger partial charge is 0.350 e. The molecule has 0 unspecified atom stereocenters. The number of hydrogen-bond donors (Lipinski definition) is 2. The monoisotopic (exact) mass is 352 g/mol. The van der Waals surface area contributed by atoms with Crippen molar-refractivity contribution in [2.45, 2.75) is 6.42 Å². The maximum Gasteiger partial charge on any atom is 0.270 e. The summed E-state index contributed by atoms with van der Waals surface area (Å²) in [7, 11) is 0. The first-order valence-electron chi connectivity index (χ1n) is 7.88. The molecule has 0 radical (unpaired) electrons. The number of nitrogens with one attached hydrogen (secondary N) is 2. The molecule has 2 N–H and O–H groups in total. The van der Waals surface area contributed by atoms with Crippen LogP contribution in [0.15, 0.2) is 66.9 Å². The Morgan fingerprint density at radius 3 is 2.68 bits per heavy atom. The van der Waals surface area contributed by atoms with Crippen LogP contribution in [0.5, 0.6) is 0 Å². The second-order valence-corrected chi connectivity index (χ2v) is 5.83. The molecule has 1 aromatic heterocycles. The van der Waals surface area contributed by atoms with Crippen LogP contribution in [0.25, 0.3) is 0 Å². The number of halogens is 1. The number of rotatable bonds is 6. The number of carbonyl (C=O) groups is 1. The molecule has 2 aromatic carbocycles. The van der Waals surface area contributed by atoms with Gasteiger partial charge in [0.25, 0.3) is 5.91 Å². The molecule has 0 fully saturated rings. The van der Waals surface area contributed by atoms with E-state index >= 15 is 0 Å². The average Bonchev–Trinajstić information content (AvgIpc) is 2.63. The Morgan fingerprint density at radius 1 is 1.04 bits per heavy atom. The molecule has 0 aliphatic rings. The summed E-state index contributed by atoms with van der Waals surface area (Å²) in [6.45, 7) is 0.546. The molecule has 0 saturated heterocycles. The molecule has 1 heterocycles. The van der Waals surface area contributed by atoms with Crippen LogP contribution in [0.3, 0.4) is 0 Å². The third kappa shape index (κ3) is 5.02. The van der Waals surface area contributed by atoms with E-state index in [0.29, 0.717) is 23.2 Å². The minimum atomic E-state index is -0.229. The summed E-state index contributed by atoms with van der Waals surface area (Å²) < 4.78 is 0. The van der Waals surface area contributed by atoms with E-state index in [1.165, 1.54) is 5.56 Å². The van der Waals surface area contributed by atoms with E-state index in [4.69, 9.17) is 11.6 Å². The molecule has 6 heteroatoms. The van der Waals surface area contributed by atoms with Gasteiger partial charge in [0.2, 0.25) is 5.95 Å². The van der Waals surface area contributed by atoms with Crippen molar-refractivity contribution in [1.29, 1.82) is 0 Å². The van der Waals surface area contributed by atoms with Gasteiger partial charge in [0.05, 0.1) is 0 Å². The molecule has 1 amide bonds. The highest BCUT2D eigenvalue weighted by Crippen LogP contribution is 2.17. The van der Waals surface area contributed by atoms with Gasteiger partial charge in [0.15, 0.2) is 0 Å². The van der Waals surface area contributed by atoms with Crippen molar-refractivity contribution in [2.24, 2.45) is 0 Å². The summed E-state index contributed by atoms with van der Waals surface area (Å²) in [5.41, 5.74) is 2.25. The first-order chi connectivity index (χ1) is 12.2. The van der Waals surface area contributed by atoms with Crippen molar-refractivity contribution in [3.05, 3.63) is 83.1 Å². The fraction of sp³-hybridized carbons (Fsp3) is 0.105. The zero-order valence-corrected chi connectivity index (χ0v) is 14.2. The van der Waals surface area contributed by atoms with E-state index in [1.807, 2.05) is 42.5 Å². The van der Waals surface area contributed by atoms with Crippen molar-refractivity contribution >= 4 is 29.1 Å². The number of carbonyl (C=O) groups excluding carboxylic acids is 1. The van der Waals surface area contributed by atoms with Crippen molar-refractivity contribution in [2.75, 3.05) is 11.9 Å². The molecule has 0 spiro atoms. The SMILES string of the molecule is O=C(NCCc1ccccc1)c1ccnc(Nc2cccc(Cl)c2)n1. The number of nitrogens with zero attached hydrogens (tertiary/aromatic N) is 2. The van der Waals surface area contributed by atoms with E-state index in [0.717, 1.165) is 12.1 Å². The van der Waals surface area contributed by atoms with E-state index < -0.39 is 0 Å². The maximum atomic E-state index is 12.2. The average molecular weight is 353 g/mol. The van der Waals surface area contributed by atoms with Crippen LogP contribution in [-0.4, -0.2) is 22.4 Å². The summed E-state index contributed by atoms with van der Waals surface area (Å²) in [5, 5.41) is 6.52. The lowest BCUT2D eigenvalue weighted by Gasteiger charge is -2.08. The first kappa shape index (κ1) is 16.9. The predicted molar refractivity (Wildman–Crippen MR) is 99.2 cm³/mol. The summed E-state index contributed by atoms with van der Waals surface area (Å²) in [4.78, 5) is 20.6. The molecule has 0 aliphatic heterocycles. The fourth-order valence-electron chi connectivity index (χ4n) is 2.30. The lowest BCUT2D eigenvalue weighted by atomic mass is 10.1. The van der Waals surface area contributed by atoms with Crippen molar-refractivity contribution < 1.29 is 4.79 Å². The second kappa shape index (κ2) is 8.26. The molecule has 0 atom stereocenters. The lowest BCUT2D eigenvalue weighted by Crippen LogP contribution is -2.26. The zero-order valence-electron chi connectivity index (χ0n) is 13.4. The smallest absolute Gasteiger partial charge is 0.270 e. The van der Waals surface area contributed by atoms with Gasteiger partial charge in [-0.15, -0.1) is 0 Å². The van der Waals surface area contributed by atoms with E-state index in [1.54, 1.807) is 24.4 Å². The van der Waals surface area contributed by atoms with Crippen LogP contribution in [0, 0.1) is 0 Å². The standard InChI is InChI=1S/C19H17ClN4O/c20-15-7-4-8-16(13-15)23-19-22-12-10-17(24-19)18(25)21-11-9-14-5-2-1-3-6-14/h1-8,10,12-13H,9,11H2,(H,21,25)(H,22,23,24). The molecule has 3 rings (SSSR count). The number of aromatic nitrogens is 2. The van der Waals surface area contributed by atoms with Gasteiger partial charge in [0.1, 0.15) is 5.69 Å². The van der Waals surface area contributed by atoms with Crippen molar-refractivity contribution in [3.8, 4) is 0 Å². The van der Waals surface area contributed by atoms with Crippen LogP contribution >= 0.6 is 11.6 Å². The predicted octanol–water partition coefficient (Wildman–Crippen LogP) is 3.85. The van der Waals surface area contributed by atoms with Gasteiger partial charge in [0, 0.05) is 23.5 Å². The molecule has 0 saturated carbocycles. The van der Waals surface area contributed by atoms with Gasteiger partial charge in [-0.1, -0.05) is 48.0 Å². The molecule has 0 bridgehead atoms. The minimum absolute atomic E-state index is 0.229. The van der Waals surface area contributed by atoms with E-state index in [-0.39, 0.29) is 5.91 Å². The quantitative estimate of drug-likeness (QED) is 0.707. The van der Waals surface area contributed by atoms with E-state index in [2.05, 4.69) is 20.6 Å². The van der Waals surface area contributed by atoms with Crippen LogP contribution in [0.4, 0.5) is 11.6 Å². The Hall–Kier alpha value is -2.92. The molecular formula is C19H17ClN4O. The van der Waals surface area contributed by atoms with Gasteiger partial charge in [-0.05, 0) is 36.2 Å². The Morgan fingerprint density at radius 2 is 1.88 bits per heavy atom. The summed E-state index contributed by atoms with van der Waals surface area (Å²) in [6.07, 6.45) is 2.32. The number of benzene rings is 2. The normalized spacial score (nSPS) is 10.3. The highest BCUT2D eigenvalue weighted by molar-refractivity contribution is 6.30. The van der Waals surface area contributed by atoms with Crippen LogP contribution in [0.2, 0.25) is 5.02 Å². The Kier molecular flexibility index (Phi) is 5.59. The number of hydrogen-bond acceptors (Lipinski definition) is 4. The van der Waals surface area contributed by atoms with Crippen molar-refractivity contribution in [1.82, 2.24) is 15.3 Å².